The molecule has 0 atom stereocenters. The van der Waals surface area contributed by atoms with Crippen LogP contribution in [0.3, 0.4) is 0 Å². The Morgan fingerprint density at radius 2 is 2.23 bits per heavy atom. The second kappa shape index (κ2) is 3.39. The topological polar surface area (TPSA) is 64.7 Å². The third-order valence-corrected chi connectivity index (χ3v) is 3.05. The first-order valence-electron chi connectivity index (χ1n) is 3.46. The Balaban J connectivity index is 2.46. The number of nitrogens with zero attached hydrogens (tertiary/aromatic N) is 3. The van der Waals surface area contributed by atoms with Gasteiger partial charge in [-0.2, -0.15) is 5.10 Å². The smallest absolute Gasteiger partial charge is 0.240 e. The summed E-state index contributed by atoms with van der Waals surface area (Å²) in [5.74, 6) is 0.196. The minimum atomic E-state index is 0.196. The molecule has 0 aliphatic rings. The highest BCUT2D eigenvalue weighted by Crippen LogP contribution is 2.29. The van der Waals surface area contributed by atoms with Gasteiger partial charge >= 0.3 is 0 Å². The third-order valence-electron chi connectivity index (χ3n) is 1.40. The number of anilines is 1. The van der Waals surface area contributed by atoms with E-state index in [1.807, 2.05) is 12.1 Å². The lowest BCUT2D eigenvalue weighted by atomic mass is 10.4. The van der Waals surface area contributed by atoms with Crippen LogP contribution in [0.25, 0.3) is 10.6 Å². The lowest BCUT2D eigenvalue weighted by Gasteiger charge is -1.94. The molecule has 4 nitrogen and oxygen atoms in total. The number of nitrogens with two attached hydrogens (primary N) is 1. The zero-order valence-corrected chi connectivity index (χ0v) is 8.84. The summed E-state index contributed by atoms with van der Waals surface area (Å²) in [4.78, 5) is 5.07. The Morgan fingerprint density at radius 1 is 1.38 bits per heavy atom. The first kappa shape index (κ1) is 8.58. The Bertz CT molecular complexity index is 428. The molecule has 0 aromatic carbocycles. The quantitative estimate of drug-likeness (QED) is 0.847. The maximum Gasteiger partial charge on any atom is 0.240 e. The van der Waals surface area contributed by atoms with E-state index in [0.29, 0.717) is 0 Å². The van der Waals surface area contributed by atoms with Gasteiger partial charge in [0.05, 0.1) is 14.9 Å². The Labute approximate surface area is 87.0 Å². The molecule has 0 bridgehead atoms. The molecule has 2 aromatic rings. The van der Waals surface area contributed by atoms with E-state index >= 15 is 0 Å². The molecular weight excluding hydrogens is 252 g/mol. The molecule has 13 heavy (non-hydrogen) atoms. The fourth-order valence-corrected chi connectivity index (χ4v) is 2.23. The minimum Gasteiger partial charge on any atom is -0.366 e. The molecule has 0 amide bonds. The van der Waals surface area contributed by atoms with Gasteiger partial charge in [-0.3, -0.25) is 0 Å². The first-order chi connectivity index (χ1) is 6.25. The van der Waals surface area contributed by atoms with Crippen molar-refractivity contribution in [2.75, 3.05) is 5.73 Å². The SMILES string of the molecule is Nc1nncc(-c2ccc(Br)s2)n1. The second-order valence-electron chi connectivity index (χ2n) is 2.30. The van der Waals surface area contributed by atoms with Crippen molar-refractivity contribution in [3.05, 3.63) is 22.1 Å². The molecular formula is C7H5BrN4S. The monoisotopic (exact) mass is 256 g/mol. The lowest BCUT2D eigenvalue weighted by molar-refractivity contribution is 0.992. The van der Waals surface area contributed by atoms with E-state index in [4.69, 9.17) is 5.73 Å². The minimum absolute atomic E-state index is 0.196. The van der Waals surface area contributed by atoms with Crippen LogP contribution in [0.5, 0.6) is 0 Å². The molecule has 0 aliphatic carbocycles. The fraction of sp³-hybridized carbons (Fsp3) is 0. The second-order valence-corrected chi connectivity index (χ2v) is 4.77. The van der Waals surface area contributed by atoms with Gasteiger partial charge in [0.1, 0.15) is 5.69 Å². The first-order valence-corrected chi connectivity index (χ1v) is 5.07. The predicted molar refractivity (Wildman–Crippen MR) is 55.3 cm³/mol. The van der Waals surface area contributed by atoms with Crippen LogP contribution >= 0.6 is 27.3 Å². The van der Waals surface area contributed by atoms with Crippen LogP contribution in [0.4, 0.5) is 5.95 Å². The average molecular weight is 257 g/mol. The standard InChI is InChI=1S/C7H5BrN4S/c8-6-2-1-5(13-6)4-3-10-12-7(9)11-4/h1-3H,(H2,9,11,12). The summed E-state index contributed by atoms with van der Waals surface area (Å²) in [6.07, 6.45) is 1.59. The zero-order valence-electron chi connectivity index (χ0n) is 6.44. The lowest BCUT2D eigenvalue weighted by Crippen LogP contribution is -1.97. The molecule has 2 N–H and O–H groups in total. The average Bonchev–Trinajstić information content (AvgIpc) is 2.52. The van der Waals surface area contributed by atoms with E-state index in [-0.39, 0.29) is 5.95 Å². The van der Waals surface area contributed by atoms with Crippen molar-refractivity contribution in [1.29, 1.82) is 0 Å². The molecule has 0 unspecified atom stereocenters. The molecule has 0 spiro atoms. The number of hydrogen-bond donors (Lipinski definition) is 1. The van der Waals surface area contributed by atoms with Crippen molar-refractivity contribution in [3.8, 4) is 10.6 Å². The normalized spacial score (nSPS) is 10.2. The van der Waals surface area contributed by atoms with E-state index in [0.717, 1.165) is 14.4 Å². The highest BCUT2D eigenvalue weighted by atomic mass is 79.9. The van der Waals surface area contributed by atoms with Gasteiger partial charge in [-0.05, 0) is 28.1 Å². The highest BCUT2D eigenvalue weighted by Gasteiger charge is 2.03. The van der Waals surface area contributed by atoms with E-state index in [1.54, 1.807) is 17.5 Å². The van der Waals surface area contributed by atoms with Gasteiger partial charge < -0.3 is 5.73 Å². The fourth-order valence-electron chi connectivity index (χ4n) is 0.888. The molecule has 0 fully saturated rings. The van der Waals surface area contributed by atoms with Crippen molar-refractivity contribution < 1.29 is 0 Å². The Morgan fingerprint density at radius 3 is 2.85 bits per heavy atom. The van der Waals surface area contributed by atoms with Crippen molar-refractivity contribution in [1.82, 2.24) is 15.2 Å². The summed E-state index contributed by atoms with van der Waals surface area (Å²) in [5.41, 5.74) is 6.16. The van der Waals surface area contributed by atoms with Crippen molar-refractivity contribution in [2.45, 2.75) is 0 Å². The molecule has 2 rings (SSSR count). The molecule has 6 heteroatoms. The summed E-state index contributed by atoms with van der Waals surface area (Å²) in [6, 6.07) is 3.91. The summed E-state index contributed by atoms with van der Waals surface area (Å²) in [7, 11) is 0. The van der Waals surface area contributed by atoms with Gasteiger partial charge in [-0.15, -0.1) is 16.4 Å². The van der Waals surface area contributed by atoms with Gasteiger partial charge in [0.2, 0.25) is 5.95 Å². The maximum atomic E-state index is 5.41. The van der Waals surface area contributed by atoms with Gasteiger partial charge in [-0.25, -0.2) is 4.98 Å². The number of nitrogen functional groups attached to an aromatic ring is 1. The van der Waals surface area contributed by atoms with Crippen molar-refractivity contribution in [2.24, 2.45) is 0 Å². The van der Waals surface area contributed by atoms with Crippen molar-refractivity contribution >= 4 is 33.2 Å². The molecule has 0 aliphatic heterocycles. The summed E-state index contributed by atoms with van der Waals surface area (Å²) >= 11 is 4.95. The van der Waals surface area contributed by atoms with Crippen LogP contribution in [0.15, 0.2) is 22.1 Å². The number of thiophene rings is 1. The third kappa shape index (κ3) is 1.84. The van der Waals surface area contributed by atoms with Gasteiger partial charge in [0.15, 0.2) is 0 Å². The summed E-state index contributed by atoms with van der Waals surface area (Å²) in [6.45, 7) is 0. The molecule has 0 radical (unpaired) electrons. The van der Waals surface area contributed by atoms with E-state index in [2.05, 4.69) is 31.1 Å². The number of rotatable bonds is 1. The van der Waals surface area contributed by atoms with Gasteiger partial charge in [-0.1, -0.05) is 0 Å². The Hall–Kier alpha value is -1.01. The van der Waals surface area contributed by atoms with Gasteiger partial charge in [0.25, 0.3) is 0 Å². The van der Waals surface area contributed by atoms with Crippen LogP contribution < -0.4 is 5.73 Å². The Kier molecular flexibility index (Phi) is 2.24. The van der Waals surface area contributed by atoms with Crippen molar-refractivity contribution in [3.63, 3.8) is 0 Å². The van der Waals surface area contributed by atoms with Crippen LogP contribution in [-0.2, 0) is 0 Å². The van der Waals surface area contributed by atoms with E-state index in [1.165, 1.54) is 0 Å². The highest BCUT2D eigenvalue weighted by molar-refractivity contribution is 9.11. The largest absolute Gasteiger partial charge is 0.366 e. The zero-order chi connectivity index (χ0) is 9.26. The van der Waals surface area contributed by atoms with E-state index < -0.39 is 0 Å². The molecule has 66 valence electrons. The van der Waals surface area contributed by atoms with Gasteiger partial charge in [0, 0.05) is 0 Å². The van der Waals surface area contributed by atoms with Crippen LogP contribution in [0.1, 0.15) is 0 Å². The number of halogens is 1. The maximum absolute atomic E-state index is 5.41. The summed E-state index contributed by atoms with van der Waals surface area (Å²) in [5, 5.41) is 7.31. The van der Waals surface area contributed by atoms with E-state index in [9.17, 15) is 0 Å². The molecule has 2 aromatic heterocycles. The predicted octanol–water partition coefficient (Wildman–Crippen LogP) is 1.94. The number of aromatic nitrogens is 3. The molecule has 2 heterocycles. The van der Waals surface area contributed by atoms with Crippen LogP contribution in [0.2, 0.25) is 0 Å². The number of hydrogen-bond acceptors (Lipinski definition) is 5. The molecule has 0 saturated carbocycles. The van der Waals surface area contributed by atoms with Crippen LogP contribution in [-0.4, -0.2) is 15.2 Å². The molecule has 0 saturated heterocycles. The summed E-state index contributed by atoms with van der Waals surface area (Å²) < 4.78 is 1.06. The van der Waals surface area contributed by atoms with Crippen LogP contribution in [0, 0.1) is 0 Å².